The molecule has 6 heteroatoms. The molecule has 0 atom stereocenters. The Morgan fingerprint density at radius 1 is 1.42 bits per heavy atom. The molecule has 1 aromatic heterocycles. The van der Waals surface area contributed by atoms with Crippen molar-refractivity contribution in [2.75, 3.05) is 33.0 Å². The van der Waals surface area contributed by atoms with Gasteiger partial charge in [-0.3, -0.25) is 4.99 Å². The minimum atomic E-state index is 0.452. The molecule has 24 heavy (non-hydrogen) atoms. The predicted octanol–water partition coefficient (Wildman–Crippen LogP) is 2.92. The molecule has 2 heterocycles. The molecule has 0 amide bonds. The van der Waals surface area contributed by atoms with Gasteiger partial charge in [0.05, 0.1) is 7.11 Å². The van der Waals surface area contributed by atoms with Crippen molar-refractivity contribution in [3.05, 3.63) is 23.9 Å². The first kappa shape index (κ1) is 17.4. The lowest BCUT2D eigenvalue weighted by atomic mass is 9.87. The van der Waals surface area contributed by atoms with Crippen molar-refractivity contribution in [2.24, 2.45) is 4.99 Å². The van der Waals surface area contributed by atoms with Gasteiger partial charge in [-0.1, -0.05) is 19.3 Å². The molecule has 0 aromatic carbocycles. The number of nitrogens with one attached hydrogen (secondary N) is 1. The molecule has 1 saturated heterocycles. The van der Waals surface area contributed by atoms with Gasteiger partial charge in [0, 0.05) is 49.4 Å². The quantitative estimate of drug-likeness (QED) is 0.672. The number of guanidine groups is 1. The SMILES string of the molecule is CN=C(NCc1ccnc(OC)c1)N1CCSC2(CCCCC2)C1. The third-order valence-electron chi connectivity index (χ3n) is 4.98. The standard InChI is InChI=1S/C18H28N4OS/c1-19-17(21-13-15-6-9-20-16(12-15)23-2)22-10-11-24-18(14-22)7-4-3-5-8-18/h6,9,12H,3-5,7-8,10-11,13-14H2,1-2H3,(H,19,21). The van der Waals surface area contributed by atoms with Crippen LogP contribution in [0.4, 0.5) is 0 Å². The third kappa shape index (κ3) is 4.15. The molecular formula is C18H28N4OS. The third-order valence-corrected chi connectivity index (χ3v) is 6.52. The van der Waals surface area contributed by atoms with Crippen LogP contribution in [0.3, 0.4) is 0 Å². The number of ether oxygens (including phenoxy) is 1. The van der Waals surface area contributed by atoms with Crippen LogP contribution in [0.5, 0.6) is 5.88 Å². The van der Waals surface area contributed by atoms with Crippen molar-refractivity contribution in [3.8, 4) is 5.88 Å². The highest BCUT2D eigenvalue weighted by molar-refractivity contribution is 8.00. The highest BCUT2D eigenvalue weighted by Gasteiger charge is 2.38. The summed E-state index contributed by atoms with van der Waals surface area (Å²) in [5.41, 5.74) is 1.15. The van der Waals surface area contributed by atoms with Gasteiger partial charge in [-0.2, -0.15) is 11.8 Å². The van der Waals surface area contributed by atoms with E-state index in [1.54, 1.807) is 13.3 Å². The minimum absolute atomic E-state index is 0.452. The Bertz CT molecular complexity index is 566. The van der Waals surface area contributed by atoms with Gasteiger partial charge < -0.3 is 15.0 Å². The first-order chi connectivity index (χ1) is 11.7. The summed E-state index contributed by atoms with van der Waals surface area (Å²) in [6.07, 6.45) is 8.65. The van der Waals surface area contributed by atoms with Crippen LogP contribution >= 0.6 is 11.8 Å². The topological polar surface area (TPSA) is 49.8 Å². The van der Waals surface area contributed by atoms with Crippen LogP contribution in [0.1, 0.15) is 37.7 Å². The van der Waals surface area contributed by atoms with Gasteiger partial charge in [0.25, 0.3) is 0 Å². The summed E-state index contributed by atoms with van der Waals surface area (Å²) in [5, 5.41) is 3.51. The van der Waals surface area contributed by atoms with E-state index < -0.39 is 0 Å². The van der Waals surface area contributed by atoms with E-state index in [-0.39, 0.29) is 0 Å². The second kappa shape index (κ2) is 8.10. The lowest BCUT2D eigenvalue weighted by Crippen LogP contribution is -2.53. The van der Waals surface area contributed by atoms with Gasteiger partial charge in [-0.25, -0.2) is 4.98 Å². The monoisotopic (exact) mass is 348 g/mol. The normalized spacial score (nSPS) is 20.9. The molecule has 1 N–H and O–H groups in total. The molecule has 2 aliphatic rings. The van der Waals surface area contributed by atoms with E-state index in [0.717, 1.165) is 31.2 Å². The number of rotatable bonds is 3. The summed E-state index contributed by atoms with van der Waals surface area (Å²) in [7, 11) is 3.53. The molecule has 1 spiro atoms. The summed E-state index contributed by atoms with van der Waals surface area (Å²) in [6.45, 7) is 2.94. The summed E-state index contributed by atoms with van der Waals surface area (Å²) in [5.74, 6) is 2.86. The van der Waals surface area contributed by atoms with E-state index in [9.17, 15) is 0 Å². The maximum absolute atomic E-state index is 5.20. The van der Waals surface area contributed by atoms with Crippen molar-refractivity contribution in [1.82, 2.24) is 15.2 Å². The van der Waals surface area contributed by atoms with Gasteiger partial charge in [-0.05, 0) is 24.5 Å². The van der Waals surface area contributed by atoms with Crippen LogP contribution < -0.4 is 10.1 Å². The maximum atomic E-state index is 5.20. The van der Waals surface area contributed by atoms with Crippen molar-refractivity contribution in [3.63, 3.8) is 0 Å². The molecule has 1 aliphatic carbocycles. The molecule has 132 valence electrons. The number of hydrogen-bond acceptors (Lipinski definition) is 4. The van der Waals surface area contributed by atoms with Crippen molar-refractivity contribution in [2.45, 2.75) is 43.4 Å². The Morgan fingerprint density at radius 2 is 2.25 bits per heavy atom. The number of aromatic nitrogens is 1. The Labute approximate surface area is 149 Å². The smallest absolute Gasteiger partial charge is 0.213 e. The largest absolute Gasteiger partial charge is 0.481 e. The van der Waals surface area contributed by atoms with Gasteiger partial charge in [0.2, 0.25) is 5.88 Å². The zero-order chi connectivity index (χ0) is 16.8. The highest BCUT2D eigenvalue weighted by atomic mass is 32.2. The maximum Gasteiger partial charge on any atom is 0.213 e. The second-order valence-electron chi connectivity index (χ2n) is 6.62. The van der Waals surface area contributed by atoms with Gasteiger partial charge in [0.1, 0.15) is 0 Å². The van der Waals surface area contributed by atoms with E-state index in [1.165, 1.54) is 37.9 Å². The number of pyridine rings is 1. The Hall–Kier alpha value is -1.43. The van der Waals surface area contributed by atoms with Crippen molar-refractivity contribution < 1.29 is 4.74 Å². The summed E-state index contributed by atoms with van der Waals surface area (Å²) in [4.78, 5) is 11.1. The van der Waals surface area contributed by atoms with Gasteiger partial charge >= 0.3 is 0 Å². The van der Waals surface area contributed by atoms with Crippen LogP contribution in [0.2, 0.25) is 0 Å². The van der Waals surface area contributed by atoms with Crippen LogP contribution in [0.15, 0.2) is 23.3 Å². The number of nitrogens with zero attached hydrogens (tertiary/aromatic N) is 3. The number of hydrogen-bond donors (Lipinski definition) is 1. The summed E-state index contributed by atoms with van der Waals surface area (Å²) in [6, 6.07) is 3.98. The number of methoxy groups -OCH3 is 1. The molecule has 1 saturated carbocycles. The molecule has 1 aromatic rings. The average molecular weight is 349 g/mol. The summed E-state index contributed by atoms with van der Waals surface area (Å²) >= 11 is 2.19. The fourth-order valence-corrected chi connectivity index (χ4v) is 5.28. The zero-order valence-electron chi connectivity index (χ0n) is 14.8. The fraction of sp³-hybridized carbons (Fsp3) is 0.667. The summed E-state index contributed by atoms with van der Waals surface area (Å²) < 4.78 is 5.65. The lowest BCUT2D eigenvalue weighted by molar-refractivity contribution is 0.293. The Morgan fingerprint density at radius 3 is 3.00 bits per heavy atom. The molecule has 0 radical (unpaired) electrons. The molecule has 3 rings (SSSR count). The van der Waals surface area contributed by atoms with Gasteiger partial charge in [-0.15, -0.1) is 0 Å². The minimum Gasteiger partial charge on any atom is -0.481 e. The van der Waals surface area contributed by atoms with E-state index in [0.29, 0.717) is 10.6 Å². The highest BCUT2D eigenvalue weighted by Crippen LogP contribution is 2.42. The van der Waals surface area contributed by atoms with E-state index in [2.05, 4.69) is 32.0 Å². The number of aliphatic imine (C=N–C) groups is 1. The molecule has 1 aliphatic heterocycles. The average Bonchev–Trinajstić information content (AvgIpc) is 2.63. The molecular weight excluding hydrogens is 320 g/mol. The van der Waals surface area contributed by atoms with Crippen LogP contribution in [0.25, 0.3) is 0 Å². The molecule has 2 fully saturated rings. The fourth-order valence-electron chi connectivity index (χ4n) is 3.71. The predicted molar refractivity (Wildman–Crippen MR) is 101 cm³/mol. The van der Waals surface area contributed by atoms with Crippen LogP contribution in [-0.2, 0) is 6.54 Å². The second-order valence-corrected chi connectivity index (χ2v) is 8.18. The van der Waals surface area contributed by atoms with E-state index in [1.807, 2.05) is 19.2 Å². The molecule has 0 unspecified atom stereocenters. The first-order valence-electron chi connectivity index (χ1n) is 8.83. The molecule has 5 nitrogen and oxygen atoms in total. The van der Waals surface area contributed by atoms with Crippen molar-refractivity contribution in [1.29, 1.82) is 0 Å². The Balaban J connectivity index is 1.61. The van der Waals surface area contributed by atoms with E-state index in [4.69, 9.17) is 4.74 Å². The van der Waals surface area contributed by atoms with Crippen LogP contribution in [0, 0.1) is 0 Å². The molecule has 0 bridgehead atoms. The van der Waals surface area contributed by atoms with Gasteiger partial charge in [0.15, 0.2) is 5.96 Å². The lowest BCUT2D eigenvalue weighted by Gasteiger charge is -2.45. The number of thioether (sulfide) groups is 1. The Kier molecular flexibility index (Phi) is 5.87. The first-order valence-corrected chi connectivity index (χ1v) is 9.82. The van der Waals surface area contributed by atoms with Crippen molar-refractivity contribution >= 4 is 17.7 Å². The van der Waals surface area contributed by atoms with E-state index >= 15 is 0 Å². The van der Waals surface area contributed by atoms with Crippen LogP contribution in [-0.4, -0.2) is 53.6 Å². The zero-order valence-corrected chi connectivity index (χ0v) is 15.6.